The van der Waals surface area contributed by atoms with E-state index in [2.05, 4.69) is 0 Å². The topological polar surface area (TPSA) is 38.8 Å². The molecule has 0 aliphatic rings. The highest BCUT2D eigenvalue weighted by molar-refractivity contribution is 5.77. The number of carbonyl (C=O) groups excluding carboxylic acids is 1. The van der Waals surface area contributed by atoms with E-state index >= 15 is 0 Å². The predicted octanol–water partition coefficient (Wildman–Crippen LogP) is 2.92. The van der Waals surface area contributed by atoms with Crippen LogP contribution in [-0.2, 0) is 16.0 Å². The fourth-order valence-electron chi connectivity index (χ4n) is 2.08. The molecule has 0 spiro atoms. The van der Waals surface area contributed by atoms with Crippen LogP contribution < -0.4 is 4.74 Å². The van der Waals surface area contributed by atoms with Crippen molar-refractivity contribution in [1.82, 2.24) is 4.90 Å². The molecular formula is C19H22FNO3. The van der Waals surface area contributed by atoms with E-state index in [1.165, 1.54) is 12.1 Å². The lowest BCUT2D eigenvalue weighted by molar-refractivity contribution is -0.135. The molecule has 128 valence electrons. The van der Waals surface area contributed by atoms with Gasteiger partial charge < -0.3 is 14.4 Å². The molecule has 0 heterocycles. The van der Waals surface area contributed by atoms with E-state index < -0.39 is 0 Å². The number of halogens is 1. The average Bonchev–Trinajstić information content (AvgIpc) is 2.61. The SMILES string of the molecule is CN(CCc1ccc(F)cc1)C(=O)COCCOc1ccccc1. The van der Waals surface area contributed by atoms with Crippen molar-refractivity contribution in [3.63, 3.8) is 0 Å². The first kappa shape index (κ1) is 17.9. The van der Waals surface area contributed by atoms with Gasteiger partial charge >= 0.3 is 0 Å². The summed E-state index contributed by atoms with van der Waals surface area (Å²) >= 11 is 0. The third-order valence-corrected chi connectivity index (χ3v) is 3.54. The third-order valence-electron chi connectivity index (χ3n) is 3.54. The van der Waals surface area contributed by atoms with Crippen LogP contribution in [0.2, 0.25) is 0 Å². The molecule has 0 saturated carbocycles. The lowest BCUT2D eigenvalue weighted by atomic mass is 10.1. The van der Waals surface area contributed by atoms with Crippen LogP contribution in [-0.4, -0.2) is 44.2 Å². The van der Waals surface area contributed by atoms with E-state index in [1.807, 2.05) is 30.3 Å². The molecule has 0 aliphatic carbocycles. The molecule has 0 saturated heterocycles. The maximum Gasteiger partial charge on any atom is 0.248 e. The fourth-order valence-corrected chi connectivity index (χ4v) is 2.08. The Kier molecular flexibility index (Phi) is 7.23. The second-order valence-corrected chi connectivity index (χ2v) is 5.41. The number of ether oxygens (including phenoxy) is 2. The van der Waals surface area contributed by atoms with Crippen molar-refractivity contribution in [3.05, 3.63) is 66.0 Å². The van der Waals surface area contributed by atoms with E-state index in [4.69, 9.17) is 9.47 Å². The molecule has 1 amide bonds. The zero-order valence-corrected chi connectivity index (χ0v) is 13.8. The molecule has 0 fully saturated rings. The summed E-state index contributed by atoms with van der Waals surface area (Å²) in [6, 6.07) is 15.8. The zero-order chi connectivity index (χ0) is 17.2. The van der Waals surface area contributed by atoms with Gasteiger partial charge in [-0.15, -0.1) is 0 Å². The van der Waals surface area contributed by atoms with Crippen LogP contribution in [0, 0.1) is 5.82 Å². The van der Waals surface area contributed by atoms with E-state index in [9.17, 15) is 9.18 Å². The smallest absolute Gasteiger partial charge is 0.248 e. The first-order valence-electron chi connectivity index (χ1n) is 7.89. The summed E-state index contributed by atoms with van der Waals surface area (Å²) in [5.41, 5.74) is 0.994. The van der Waals surface area contributed by atoms with Gasteiger partial charge in [-0.05, 0) is 36.2 Å². The molecule has 2 aromatic carbocycles. The predicted molar refractivity (Wildman–Crippen MR) is 90.5 cm³/mol. The Balaban J connectivity index is 1.58. The first-order chi connectivity index (χ1) is 11.6. The van der Waals surface area contributed by atoms with Crippen LogP contribution in [0.25, 0.3) is 0 Å². The maximum absolute atomic E-state index is 12.8. The summed E-state index contributed by atoms with van der Waals surface area (Å²) in [6.07, 6.45) is 0.680. The van der Waals surface area contributed by atoms with E-state index in [0.717, 1.165) is 11.3 Å². The molecule has 0 radical (unpaired) electrons. The van der Waals surface area contributed by atoms with Crippen LogP contribution in [0.4, 0.5) is 4.39 Å². The van der Waals surface area contributed by atoms with Gasteiger partial charge in [0.25, 0.3) is 0 Å². The number of nitrogens with zero attached hydrogens (tertiary/aromatic N) is 1. The summed E-state index contributed by atoms with van der Waals surface area (Å²) < 4.78 is 23.7. The monoisotopic (exact) mass is 331 g/mol. The minimum atomic E-state index is -0.255. The Bertz CT molecular complexity index is 616. The molecule has 0 N–H and O–H groups in total. The second kappa shape index (κ2) is 9.67. The van der Waals surface area contributed by atoms with Gasteiger partial charge in [-0.3, -0.25) is 4.79 Å². The van der Waals surface area contributed by atoms with Gasteiger partial charge in [-0.25, -0.2) is 4.39 Å². The normalized spacial score (nSPS) is 10.4. The zero-order valence-electron chi connectivity index (χ0n) is 13.8. The summed E-state index contributed by atoms with van der Waals surface area (Å²) in [7, 11) is 1.73. The molecule has 0 unspecified atom stereocenters. The molecule has 4 nitrogen and oxygen atoms in total. The standard InChI is InChI=1S/C19H22FNO3/c1-21(12-11-16-7-9-17(20)10-8-16)19(22)15-23-13-14-24-18-5-3-2-4-6-18/h2-10H,11-15H2,1H3. The van der Waals surface area contributed by atoms with Crippen molar-refractivity contribution in [2.45, 2.75) is 6.42 Å². The summed E-state index contributed by atoms with van der Waals surface area (Å²) in [4.78, 5) is 13.6. The molecule has 0 atom stereocenters. The number of hydrogen-bond acceptors (Lipinski definition) is 3. The number of rotatable bonds is 9. The average molecular weight is 331 g/mol. The number of hydrogen-bond donors (Lipinski definition) is 0. The van der Waals surface area contributed by atoms with Gasteiger partial charge in [0.05, 0.1) is 6.61 Å². The highest BCUT2D eigenvalue weighted by atomic mass is 19.1. The van der Waals surface area contributed by atoms with Crippen molar-refractivity contribution in [1.29, 1.82) is 0 Å². The molecule has 0 bridgehead atoms. The highest BCUT2D eigenvalue weighted by Gasteiger charge is 2.08. The highest BCUT2D eigenvalue weighted by Crippen LogP contribution is 2.07. The van der Waals surface area contributed by atoms with Crippen molar-refractivity contribution < 1.29 is 18.7 Å². The largest absolute Gasteiger partial charge is 0.491 e. The number of carbonyl (C=O) groups is 1. The third kappa shape index (κ3) is 6.38. The number of likely N-dealkylation sites (N-methyl/N-ethyl adjacent to an activating group) is 1. The Morgan fingerprint density at radius 3 is 2.46 bits per heavy atom. The summed E-state index contributed by atoms with van der Waals surface area (Å²) in [5, 5.41) is 0. The lowest BCUT2D eigenvalue weighted by Crippen LogP contribution is -2.32. The minimum Gasteiger partial charge on any atom is -0.491 e. The first-order valence-corrected chi connectivity index (χ1v) is 7.89. The molecule has 2 aromatic rings. The van der Waals surface area contributed by atoms with Crippen molar-refractivity contribution in [2.24, 2.45) is 0 Å². The van der Waals surface area contributed by atoms with E-state index in [-0.39, 0.29) is 18.3 Å². The molecule has 0 aliphatic heterocycles. The number of benzene rings is 2. The fraction of sp³-hybridized carbons (Fsp3) is 0.316. The second-order valence-electron chi connectivity index (χ2n) is 5.41. The van der Waals surface area contributed by atoms with Crippen LogP contribution in [0.1, 0.15) is 5.56 Å². The molecule has 24 heavy (non-hydrogen) atoms. The van der Waals surface area contributed by atoms with Crippen molar-refractivity contribution >= 4 is 5.91 Å². The van der Waals surface area contributed by atoms with Gasteiger partial charge in [0.2, 0.25) is 5.91 Å². The summed E-state index contributed by atoms with van der Waals surface area (Å²) in [6.45, 7) is 1.34. The Morgan fingerprint density at radius 1 is 1.04 bits per heavy atom. The van der Waals surface area contributed by atoms with Gasteiger partial charge in [0.15, 0.2) is 0 Å². The maximum atomic E-state index is 12.8. The quantitative estimate of drug-likeness (QED) is 0.663. The van der Waals surface area contributed by atoms with Crippen LogP contribution >= 0.6 is 0 Å². The Morgan fingerprint density at radius 2 is 1.75 bits per heavy atom. The van der Waals surface area contributed by atoms with Crippen LogP contribution in [0.5, 0.6) is 5.75 Å². The number of para-hydroxylation sites is 1. The Hall–Kier alpha value is -2.40. The van der Waals surface area contributed by atoms with Crippen molar-refractivity contribution in [2.75, 3.05) is 33.4 Å². The van der Waals surface area contributed by atoms with E-state index in [1.54, 1.807) is 24.1 Å². The van der Waals surface area contributed by atoms with Crippen LogP contribution in [0.3, 0.4) is 0 Å². The van der Waals surface area contributed by atoms with Gasteiger partial charge in [-0.2, -0.15) is 0 Å². The minimum absolute atomic E-state index is 0.0259. The van der Waals surface area contributed by atoms with Gasteiger partial charge in [0.1, 0.15) is 24.8 Å². The van der Waals surface area contributed by atoms with Gasteiger partial charge in [0, 0.05) is 13.6 Å². The summed E-state index contributed by atoms with van der Waals surface area (Å²) in [5.74, 6) is 0.440. The Labute approximate surface area is 141 Å². The van der Waals surface area contributed by atoms with Crippen molar-refractivity contribution in [3.8, 4) is 5.75 Å². The number of amides is 1. The molecule has 0 aromatic heterocycles. The molecule has 5 heteroatoms. The van der Waals surface area contributed by atoms with Crippen LogP contribution in [0.15, 0.2) is 54.6 Å². The van der Waals surface area contributed by atoms with Gasteiger partial charge in [-0.1, -0.05) is 30.3 Å². The van der Waals surface area contributed by atoms with E-state index in [0.29, 0.717) is 26.2 Å². The molecule has 2 rings (SSSR count). The lowest BCUT2D eigenvalue weighted by Gasteiger charge is -2.17. The molecular weight excluding hydrogens is 309 g/mol.